The third kappa shape index (κ3) is 3.54. The quantitative estimate of drug-likeness (QED) is 0.512. The number of nitrogens with zero attached hydrogens (tertiary/aromatic N) is 4. The van der Waals surface area contributed by atoms with E-state index in [1.165, 1.54) is 43.3 Å². The minimum Gasteiger partial charge on any atom is -0.477 e. The fraction of sp³-hybridized carbons (Fsp3) is 0.312. The Bertz CT molecular complexity index is 888. The maximum absolute atomic E-state index is 12.5. The van der Waals surface area contributed by atoms with Crippen molar-refractivity contribution in [3.05, 3.63) is 30.9 Å². The molecule has 0 radical (unpaired) electrons. The van der Waals surface area contributed by atoms with Crippen LogP contribution >= 0.6 is 0 Å². The predicted molar refractivity (Wildman–Crippen MR) is 93.1 cm³/mol. The van der Waals surface area contributed by atoms with Crippen molar-refractivity contribution in [2.45, 2.75) is 4.90 Å². The average Bonchev–Trinajstić information content (AvgIpc) is 2.88. The summed E-state index contributed by atoms with van der Waals surface area (Å²) < 4.78 is 30.9. The van der Waals surface area contributed by atoms with Gasteiger partial charge in [0.05, 0.1) is 10.6 Å². The molecule has 0 spiro atoms. The van der Waals surface area contributed by atoms with Gasteiger partial charge in [-0.2, -0.15) is 5.26 Å². The van der Waals surface area contributed by atoms with Crippen LogP contribution in [0.2, 0.25) is 0 Å². The van der Waals surface area contributed by atoms with E-state index in [1.54, 1.807) is 6.07 Å². The fourth-order valence-corrected chi connectivity index (χ4v) is 3.27. The molecular formula is C16H18N4O5S. The van der Waals surface area contributed by atoms with Crippen LogP contribution in [0.5, 0.6) is 5.75 Å². The second-order valence-electron chi connectivity index (χ2n) is 5.53. The van der Waals surface area contributed by atoms with Gasteiger partial charge < -0.3 is 4.74 Å². The molecule has 2 rings (SSSR count). The van der Waals surface area contributed by atoms with Gasteiger partial charge in [-0.1, -0.05) is 6.08 Å². The Hall–Kier alpha value is -2.90. The SMILES string of the molecule is C=CCN1C(=O)CN(c2ccc(S(=O)(=O)N(C)C)cc2OCC#N)C1=O. The summed E-state index contributed by atoms with van der Waals surface area (Å²) in [4.78, 5) is 26.6. The molecule has 1 aromatic carbocycles. The van der Waals surface area contributed by atoms with Crippen LogP contribution in [-0.2, 0) is 14.8 Å². The first-order chi connectivity index (χ1) is 12.2. The third-order valence-corrected chi connectivity index (χ3v) is 5.47. The van der Waals surface area contributed by atoms with Crippen molar-refractivity contribution >= 4 is 27.6 Å². The third-order valence-electron chi connectivity index (χ3n) is 3.66. The summed E-state index contributed by atoms with van der Waals surface area (Å²) >= 11 is 0. The van der Waals surface area contributed by atoms with Crippen molar-refractivity contribution in [3.63, 3.8) is 0 Å². The summed E-state index contributed by atoms with van der Waals surface area (Å²) in [5, 5.41) is 8.75. The number of carbonyl (C=O) groups excluding carboxylic acids is 2. The Balaban J connectivity index is 2.49. The highest BCUT2D eigenvalue weighted by Crippen LogP contribution is 2.34. The molecule has 0 saturated carbocycles. The van der Waals surface area contributed by atoms with Crippen LogP contribution < -0.4 is 9.64 Å². The summed E-state index contributed by atoms with van der Waals surface area (Å²) in [6, 6.07) is 5.15. The molecule has 0 N–H and O–H groups in total. The van der Waals surface area contributed by atoms with Crippen LogP contribution in [0.1, 0.15) is 0 Å². The minimum atomic E-state index is -3.73. The molecule has 10 heteroatoms. The standard InChI is InChI=1S/C16H18N4O5S/c1-4-8-19-15(21)11-20(16(19)22)13-6-5-12(26(23,24)18(2)3)10-14(13)25-9-7-17/h4-6,10H,1,8-9,11H2,2-3H3. The molecule has 9 nitrogen and oxygen atoms in total. The molecule has 0 unspecified atom stereocenters. The van der Waals surface area contributed by atoms with E-state index in [4.69, 9.17) is 10.00 Å². The molecule has 138 valence electrons. The summed E-state index contributed by atoms with van der Waals surface area (Å²) in [6.07, 6.45) is 1.43. The fourth-order valence-electron chi connectivity index (χ4n) is 2.35. The molecule has 1 aromatic rings. The lowest BCUT2D eigenvalue weighted by Gasteiger charge is -2.20. The highest BCUT2D eigenvalue weighted by molar-refractivity contribution is 7.89. The number of ether oxygens (including phenoxy) is 1. The maximum Gasteiger partial charge on any atom is 0.332 e. The Morgan fingerprint density at radius 1 is 1.38 bits per heavy atom. The number of rotatable bonds is 7. The normalized spacial score (nSPS) is 14.7. The van der Waals surface area contributed by atoms with Gasteiger partial charge in [-0.15, -0.1) is 6.58 Å². The van der Waals surface area contributed by atoms with Gasteiger partial charge in [-0.25, -0.2) is 17.5 Å². The highest BCUT2D eigenvalue weighted by Gasteiger charge is 2.37. The molecule has 0 aliphatic carbocycles. The zero-order valence-electron chi connectivity index (χ0n) is 14.4. The van der Waals surface area contributed by atoms with E-state index in [-0.39, 0.29) is 36.0 Å². The molecule has 1 saturated heterocycles. The minimum absolute atomic E-state index is 0.0241. The van der Waals surface area contributed by atoms with E-state index in [2.05, 4.69) is 6.58 Å². The van der Waals surface area contributed by atoms with Crippen LogP contribution in [0.4, 0.5) is 10.5 Å². The lowest BCUT2D eigenvalue weighted by molar-refractivity contribution is -0.124. The number of urea groups is 1. The first-order valence-electron chi connectivity index (χ1n) is 7.53. The van der Waals surface area contributed by atoms with Gasteiger partial charge >= 0.3 is 6.03 Å². The van der Waals surface area contributed by atoms with Gasteiger partial charge in [0.25, 0.3) is 5.91 Å². The van der Waals surface area contributed by atoms with Crippen molar-refractivity contribution in [1.82, 2.24) is 9.21 Å². The molecule has 1 fully saturated rings. The van der Waals surface area contributed by atoms with Gasteiger partial charge in [0.2, 0.25) is 10.0 Å². The Labute approximate surface area is 151 Å². The van der Waals surface area contributed by atoms with E-state index in [1.807, 2.05) is 0 Å². The molecule has 1 aliphatic heterocycles. The Morgan fingerprint density at radius 3 is 2.65 bits per heavy atom. The van der Waals surface area contributed by atoms with Crippen LogP contribution in [-0.4, -0.2) is 63.4 Å². The van der Waals surface area contributed by atoms with E-state index >= 15 is 0 Å². The number of carbonyl (C=O) groups is 2. The first kappa shape index (κ1) is 19.4. The van der Waals surface area contributed by atoms with Crippen molar-refractivity contribution in [2.24, 2.45) is 0 Å². The largest absolute Gasteiger partial charge is 0.477 e. The van der Waals surface area contributed by atoms with Crippen molar-refractivity contribution in [2.75, 3.05) is 38.7 Å². The van der Waals surface area contributed by atoms with Gasteiger partial charge in [0, 0.05) is 26.7 Å². The second-order valence-corrected chi connectivity index (χ2v) is 7.68. The lowest BCUT2D eigenvalue weighted by atomic mass is 10.2. The van der Waals surface area contributed by atoms with Crippen LogP contribution in [0.25, 0.3) is 0 Å². The van der Waals surface area contributed by atoms with Crippen molar-refractivity contribution in [1.29, 1.82) is 5.26 Å². The summed E-state index contributed by atoms with van der Waals surface area (Å²) in [7, 11) is -0.964. The second kappa shape index (κ2) is 7.55. The number of benzene rings is 1. The topological polar surface area (TPSA) is 111 Å². The molecule has 1 aliphatic rings. The van der Waals surface area contributed by atoms with Crippen LogP contribution in [0.3, 0.4) is 0 Å². The number of imide groups is 1. The summed E-state index contributed by atoms with van der Waals surface area (Å²) in [6.45, 7) is 3.02. The number of hydrogen-bond donors (Lipinski definition) is 0. The van der Waals surface area contributed by atoms with Gasteiger partial charge in [0.1, 0.15) is 18.4 Å². The Kier molecular flexibility index (Phi) is 5.64. The smallest absolute Gasteiger partial charge is 0.332 e. The van der Waals surface area contributed by atoms with Gasteiger partial charge in [0.15, 0.2) is 6.61 Å². The van der Waals surface area contributed by atoms with Gasteiger partial charge in [-0.3, -0.25) is 14.6 Å². The van der Waals surface area contributed by atoms with Crippen molar-refractivity contribution < 1.29 is 22.7 Å². The number of hydrogen-bond acceptors (Lipinski definition) is 6. The molecule has 0 bridgehead atoms. The monoisotopic (exact) mass is 378 g/mol. The van der Waals surface area contributed by atoms with Crippen molar-refractivity contribution in [3.8, 4) is 11.8 Å². The molecule has 1 heterocycles. The molecular weight excluding hydrogens is 360 g/mol. The first-order valence-corrected chi connectivity index (χ1v) is 8.97. The predicted octanol–water partition coefficient (Wildman–Crippen LogP) is 0.794. The van der Waals surface area contributed by atoms with Crippen LogP contribution in [0.15, 0.2) is 35.7 Å². The number of nitriles is 1. The molecule has 3 amide bonds. The molecule has 0 atom stereocenters. The Morgan fingerprint density at radius 2 is 2.08 bits per heavy atom. The zero-order chi connectivity index (χ0) is 19.5. The van der Waals surface area contributed by atoms with E-state index in [0.29, 0.717) is 0 Å². The molecule has 26 heavy (non-hydrogen) atoms. The van der Waals surface area contributed by atoms with E-state index < -0.39 is 22.0 Å². The lowest BCUT2D eigenvalue weighted by Crippen LogP contribution is -2.33. The van der Waals surface area contributed by atoms with Gasteiger partial charge in [-0.05, 0) is 12.1 Å². The number of amides is 3. The number of anilines is 1. The van der Waals surface area contributed by atoms with Crippen LogP contribution in [0, 0.1) is 11.3 Å². The summed E-state index contributed by atoms with van der Waals surface area (Å²) in [5.74, 6) is -0.387. The average molecular weight is 378 g/mol. The number of sulfonamides is 1. The molecule has 0 aromatic heterocycles. The maximum atomic E-state index is 12.5. The van der Waals surface area contributed by atoms with E-state index in [0.717, 1.165) is 9.21 Å². The summed E-state index contributed by atoms with van der Waals surface area (Å²) in [5.41, 5.74) is 0.211. The highest BCUT2D eigenvalue weighted by atomic mass is 32.2. The zero-order valence-corrected chi connectivity index (χ0v) is 15.2. The van der Waals surface area contributed by atoms with E-state index in [9.17, 15) is 18.0 Å².